The van der Waals surface area contributed by atoms with Gasteiger partial charge in [-0.05, 0) is 77.7 Å². The fourth-order valence-corrected chi connectivity index (χ4v) is 3.65. The molecule has 0 unspecified atom stereocenters. The summed E-state index contributed by atoms with van der Waals surface area (Å²) in [7, 11) is 0. The van der Waals surface area contributed by atoms with E-state index in [9.17, 15) is 9.59 Å². The van der Waals surface area contributed by atoms with Crippen molar-refractivity contribution in [2.75, 3.05) is 13.1 Å². The lowest BCUT2D eigenvalue weighted by Crippen LogP contribution is -2.35. The van der Waals surface area contributed by atoms with Gasteiger partial charge in [-0.15, -0.1) is 0 Å². The number of hydrogen-bond acceptors (Lipinski definition) is 2. The van der Waals surface area contributed by atoms with E-state index in [1.165, 1.54) is 6.42 Å². The molecule has 0 bridgehead atoms. The summed E-state index contributed by atoms with van der Waals surface area (Å²) in [5.74, 6) is -0.0857. The van der Waals surface area contributed by atoms with Crippen LogP contribution in [0.3, 0.4) is 0 Å². The molecule has 26 heavy (non-hydrogen) atoms. The first-order valence-corrected chi connectivity index (χ1v) is 10.1. The van der Waals surface area contributed by atoms with Gasteiger partial charge in [0, 0.05) is 34.3 Å². The van der Waals surface area contributed by atoms with E-state index in [4.69, 9.17) is 11.6 Å². The number of carbonyl (C=O) groups excluding carboxylic acids is 2. The SMILES string of the molecule is O=C(NCc1cccc(C(=O)N2CCCCC2)c1)c1ccc(Cl)c(I)c1. The van der Waals surface area contributed by atoms with Gasteiger partial charge in [0.1, 0.15) is 0 Å². The molecule has 0 aliphatic carbocycles. The first-order valence-electron chi connectivity index (χ1n) is 8.66. The summed E-state index contributed by atoms with van der Waals surface area (Å²) >= 11 is 8.10. The molecule has 0 radical (unpaired) electrons. The van der Waals surface area contributed by atoms with Crippen molar-refractivity contribution in [2.24, 2.45) is 0 Å². The number of piperidine rings is 1. The minimum Gasteiger partial charge on any atom is -0.348 e. The third-order valence-corrected chi connectivity index (χ3v) is 5.99. The Kier molecular flexibility index (Phi) is 6.53. The highest BCUT2D eigenvalue weighted by atomic mass is 127. The summed E-state index contributed by atoms with van der Waals surface area (Å²) in [6.07, 6.45) is 3.34. The smallest absolute Gasteiger partial charge is 0.253 e. The van der Waals surface area contributed by atoms with Gasteiger partial charge in [-0.1, -0.05) is 23.7 Å². The molecule has 0 saturated carbocycles. The van der Waals surface area contributed by atoms with Crippen molar-refractivity contribution in [3.8, 4) is 0 Å². The van der Waals surface area contributed by atoms with Gasteiger partial charge in [-0.25, -0.2) is 0 Å². The van der Waals surface area contributed by atoms with Crippen LogP contribution in [0.5, 0.6) is 0 Å². The Balaban J connectivity index is 1.64. The molecule has 6 heteroatoms. The summed E-state index contributed by atoms with van der Waals surface area (Å²) in [4.78, 5) is 26.8. The molecule has 3 rings (SSSR count). The highest BCUT2D eigenvalue weighted by molar-refractivity contribution is 14.1. The van der Waals surface area contributed by atoms with E-state index in [2.05, 4.69) is 27.9 Å². The molecule has 1 heterocycles. The predicted octanol–water partition coefficient (Wildman–Crippen LogP) is 4.50. The van der Waals surface area contributed by atoms with Crippen molar-refractivity contribution in [3.05, 3.63) is 67.7 Å². The van der Waals surface area contributed by atoms with Crippen LogP contribution in [0.4, 0.5) is 0 Å². The van der Waals surface area contributed by atoms with Gasteiger partial charge in [-0.2, -0.15) is 0 Å². The Bertz CT molecular complexity index is 819. The number of amides is 2. The van der Waals surface area contributed by atoms with Crippen molar-refractivity contribution in [1.82, 2.24) is 10.2 Å². The molecule has 1 N–H and O–H groups in total. The Hall–Kier alpha value is -1.60. The standard InChI is InChI=1S/C20H20ClIN2O2/c21-17-8-7-15(12-18(17)22)19(25)23-13-14-5-4-6-16(11-14)20(26)24-9-2-1-3-10-24/h4-8,11-12H,1-3,9-10,13H2,(H,23,25). The average Bonchev–Trinajstić information content (AvgIpc) is 2.68. The minimum absolute atomic E-state index is 0.0742. The van der Waals surface area contributed by atoms with Crippen molar-refractivity contribution >= 4 is 46.0 Å². The van der Waals surface area contributed by atoms with E-state index in [0.717, 1.165) is 35.1 Å². The Morgan fingerprint density at radius 2 is 1.81 bits per heavy atom. The summed E-state index contributed by atoms with van der Waals surface area (Å²) in [6, 6.07) is 12.7. The Morgan fingerprint density at radius 3 is 2.54 bits per heavy atom. The van der Waals surface area contributed by atoms with E-state index in [-0.39, 0.29) is 11.8 Å². The molecule has 2 aromatic rings. The minimum atomic E-state index is -0.160. The zero-order chi connectivity index (χ0) is 18.5. The largest absolute Gasteiger partial charge is 0.348 e. The van der Waals surface area contributed by atoms with Crippen molar-refractivity contribution < 1.29 is 9.59 Å². The highest BCUT2D eigenvalue weighted by Gasteiger charge is 2.18. The maximum atomic E-state index is 12.6. The van der Waals surface area contributed by atoms with Gasteiger partial charge in [0.15, 0.2) is 0 Å². The second-order valence-electron chi connectivity index (χ2n) is 6.36. The number of rotatable bonds is 4. The molecule has 0 aromatic heterocycles. The summed E-state index contributed by atoms with van der Waals surface area (Å²) < 4.78 is 0.839. The van der Waals surface area contributed by atoms with Crippen LogP contribution in [0.25, 0.3) is 0 Å². The van der Waals surface area contributed by atoms with Gasteiger partial charge in [0.05, 0.1) is 5.02 Å². The van der Waals surface area contributed by atoms with Crippen LogP contribution in [0.15, 0.2) is 42.5 Å². The predicted molar refractivity (Wildman–Crippen MR) is 112 cm³/mol. The zero-order valence-corrected chi connectivity index (χ0v) is 17.2. The number of hydrogen-bond donors (Lipinski definition) is 1. The van der Waals surface area contributed by atoms with Gasteiger partial charge < -0.3 is 10.2 Å². The number of benzene rings is 2. The number of carbonyl (C=O) groups is 2. The fourth-order valence-electron chi connectivity index (χ4n) is 3.02. The number of likely N-dealkylation sites (tertiary alicyclic amines) is 1. The molecule has 1 fully saturated rings. The first-order chi connectivity index (χ1) is 12.5. The summed E-state index contributed by atoms with van der Waals surface area (Å²) in [5, 5.41) is 3.53. The molecular formula is C20H20ClIN2O2. The molecular weight excluding hydrogens is 463 g/mol. The van der Waals surface area contributed by atoms with Crippen molar-refractivity contribution in [1.29, 1.82) is 0 Å². The van der Waals surface area contributed by atoms with Gasteiger partial charge in [0.2, 0.25) is 0 Å². The molecule has 0 spiro atoms. The quantitative estimate of drug-likeness (QED) is 0.653. The third-order valence-electron chi connectivity index (χ3n) is 4.45. The molecule has 1 aliphatic heterocycles. The van der Waals surface area contributed by atoms with E-state index in [0.29, 0.717) is 22.7 Å². The second kappa shape index (κ2) is 8.86. The topological polar surface area (TPSA) is 49.4 Å². The van der Waals surface area contributed by atoms with Crippen molar-refractivity contribution in [2.45, 2.75) is 25.8 Å². The molecule has 0 atom stereocenters. The van der Waals surface area contributed by atoms with Crippen molar-refractivity contribution in [3.63, 3.8) is 0 Å². The summed E-state index contributed by atoms with van der Waals surface area (Å²) in [6.45, 7) is 2.03. The summed E-state index contributed by atoms with van der Waals surface area (Å²) in [5.41, 5.74) is 2.16. The normalized spacial score (nSPS) is 14.2. The lowest BCUT2D eigenvalue weighted by molar-refractivity contribution is 0.0724. The first kappa shape index (κ1) is 19.2. The lowest BCUT2D eigenvalue weighted by atomic mass is 10.1. The van der Waals surface area contributed by atoms with E-state index in [1.807, 2.05) is 29.2 Å². The second-order valence-corrected chi connectivity index (χ2v) is 7.93. The van der Waals surface area contributed by atoms with Crippen LogP contribution in [0, 0.1) is 3.57 Å². The Morgan fingerprint density at radius 1 is 1.04 bits per heavy atom. The van der Waals surface area contributed by atoms with E-state index < -0.39 is 0 Å². The van der Waals surface area contributed by atoms with Crippen LogP contribution < -0.4 is 5.32 Å². The van der Waals surface area contributed by atoms with Crippen LogP contribution in [0.1, 0.15) is 45.5 Å². The van der Waals surface area contributed by atoms with Gasteiger partial charge >= 0.3 is 0 Å². The molecule has 136 valence electrons. The molecule has 2 amide bonds. The maximum Gasteiger partial charge on any atom is 0.253 e. The van der Waals surface area contributed by atoms with Gasteiger partial charge in [0.25, 0.3) is 11.8 Å². The molecule has 4 nitrogen and oxygen atoms in total. The average molecular weight is 483 g/mol. The van der Waals surface area contributed by atoms with Crippen LogP contribution in [0.2, 0.25) is 5.02 Å². The fraction of sp³-hybridized carbons (Fsp3) is 0.300. The van der Waals surface area contributed by atoms with Crippen LogP contribution in [-0.2, 0) is 6.54 Å². The monoisotopic (exact) mass is 482 g/mol. The zero-order valence-electron chi connectivity index (χ0n) is 14.3. The molecule has 1 saturated heterocycles. The number of nitrogens with zero attached hydrogens (tertiary/aromatic N) is 1. The maximum absolute atomic E-state index is 12.6. The lowest BCUT2D eigenvalue weighted by Gasteiger charge is -2.26. The third kappa shape index (κ3) is 4.76. The number of halogens is 2. The highest BCUT2D eigenvalue weighted by Crippen LogP contribution is 2.19. The molecule has 1 aliphatic rings. The van der Waals surface area contributed by atoms with Crippen LogP contribution >= 0.6 is 34.2 Å². The Labute approximate surface area is 172 Å². The van der Waals surface area contributed by atoms with Gasteiger partial charge in [-0.3, -0.25) is 9.59 Å². The van der Waals surface area contributed by atoms with Crippen LogP contribution in [-0.4, -0.2) is 29.8 Å². The van der Waals surface area contributed by atoms with E-state index in [1.54, 1.807) is 18.2 Å². The van der Waals surface area contributed by atoms with E-state index >= 15 is 0 Å². The molecule has 2 aromatic carbocycles. The number of nitrogens with one attached hydrogen (secondary N) is 1.